The fourth-order valence-electron chi connectivity index (χ4n) is 2.01. The zero-order valence-electron chi connectivity index (χ0n) is 13.9. The number of carbonyl (C=O) groups is 1. The van der Waals surface area contributed by atoms with Gasteiger partial charge in [0.1, 0.15) is 11.5 Å². The molecule has 0 aliphatic heterocycles. The monoisotopic (exact) mass is 371 g/mol. The molecule has 132 valence electrons. The van der Waals surface area contributed by atoms with Gasteiger partial charge in [0, 0.05) is 23.4 Å². The minimum absolute atomic E-state index is 0. The number of nitrogens with zero attached hydrogens (tertiary/aromatic N) is 1. The molecule has 0 saturated heterocycles. The van der Waals surface area contributed by atoms with Crippen LogP contribution < -0.4 is 20.5 Å². The SMILES string of the molecule is COc1ccc(OC)c(-c2csc(NC(=O)CCC(C)N)n2)c1.Cl. The lowest BCUT2D eigenvalue weighted by Gasteiger charge is -2.08. The molecule has 2 rings (SSSR count). The van der Waals surface area contributed by atoms with Crippen LogP contribution in [0.3, 0.4) is 0 Å². The van der Waals surface area contributed by atoms with E-state index in [1.54, 1.807) is 14.2 Å². The van der Waals surface area contributed by atoms with E-state index in [2.05, 4.69) is 10.3 Å². The Balaban J connectivity index is 0.00000288. The maximum atomic E-state index is 11.8. The standard InChI is InChI=1S/C16H21N3O3S.ClH/c1-10(17)4-7-15(20)19-16-18-13(9-23-16)12-8-11(21-2)5-6-14(12)22-3;/h5-6,8-10H,4,7,17H2,1-3H3,(H,18,19,20);1H. The number of carbonyl (C=O) groups excluding carboxylic acids is 1. The number of halogens is 1. The van der Waals surface area contributed by atoms with Crippen LogP contribution in [0, 0.1) is 0 Å². The molecule has 0 radical (unpaired) electrons. The first-order valence-corrected chi connectivity index (χ1v) is 8.14. The molecule has 0 aliphatic carbocycles. The van der Waals surface area contributed by atoms with Gasteiger partial charge >= 0.3 is 0 Å². The number of nitrogens with one attached hydrogen (secondary N) is 1. The van der Waals surface area contributed by atoms with Crippen LogP contribution in [0.1, 0.15) is 19.8 Å². The topological polar surface area (TPSA) is 86.5 Å². The molecular weight excluding hydrogens is 350 g/mol. The van der Waals surface area contributed by atoms with E-state index in [1.807, 2.05) is 30.5 Å². The molecule has 2 aromatic rings. The quantitative estimate of drug-likeness (QED) is 0.779. The molecule has 1 aromatic carbocycles. The van der Waals surface area contributed by atoms with Crippen LogP contribution in [0.4, 0.5) is 5.13 Å². The number of methoxy groups -OCH3 is 2. The maximum Gasteiger partial charge on any atom is 0.226 e. The molecular formula is C16H22ClN3O3S. The number of benzene rings is 1. The highest BCUT2D eigenvalue weighted by atomic mass is 35.5. The molecule has 6 nitrogen and oxygen atoms in total. The van der Waals surface area contributed by atoms with Gasteiger partial charge in [-0.05, 0) is 31.5 Å². The third-order valence-electron chi connectivity index (χ3n) is 3.26. The zero-order valence-corrected chi connectivity index (χ0v) is 15.5. The molecule has 24 heavy (non-hydrogen) atoms. The third kappa shape index (κ3) is 5.36. The maximum absolute atomic E-state index is 11.8. The summed E-state index contributed by atoms with van der Waals surface area (Å²) in [7, 11) is 3.21. The summed E-state index contributed by atoms with van der Waals surface area (Å²) >= 11 is 1.37. The summed E-state index contributed by atoms with van der Waals surface area (Å²) in [6.07, 6.45) is 1.03. The first-order valence-electron chi connectivity index (χ1n) is 7.27. The summed E-state index contributed by atoms with van der Waals surface area (Å²) in [4.78, 5) is 16.3. The Hall–Kier alpha value is -1.83. The van der Waals surface area contributed by atoms with Crippen molar-refractivity contribution < 1.29 is 14.3 Å². The van der Waals surface area contributed by atoms with E-state index in [-0.39, 0.29) is 24.4 Å². The molecule has 1 amide bonds. The fourth-order valence-corrected chi connectivity index (χ4v) is 2.74. The molecule has 0 fully saturated rings. The Morgan fingerprint density at radius 1 is 1.38 bits per heavy atom. The van der Waals surface area contributed by atoms with Crippen LogP contribution in [0.25, 0.3) is 11.3 Å². The van der Waals surface area contributed by atoms with Crippen molar-refractivity contribution in [3.05, 3.63) is 23.6 Å². The number of amides is 1. The molecule has 0 spiro atoms. The first kappa shape index (κ1) is 20.2. The molecule has 1 aromatic heterocycles. The van der Waals surface area contributed by atoms with Gasteiger partial charge in [0.15, 0.2) is 5.13 Å². The molecule has 1 unspecified atom stereocenters. The predicted octanol–water partition coefficient (Wildman–Crippen LogP) is 3.32. The molecule has 3 N–H and O–H groups in total. The van der Waals surface area contributed by atoms with Crippen LogP contribution in [-0.2, 0) is 4.79 Å². The highest BCUT2D eigenvalue weighted by Gasteiger charge is 2.13. The summed E-state index contributed by atoms with van der Waals surface area (Å²) in [5.41, 5.74) is 7.20. The van der Waals surface area contributed by atoms with E-state index in [0.717, 1.165) is 17.0 Å². The minimum atomic E-state index is -0.0826. The number of nitrogens with two attached hydrogens (primary N) is 1. The van der Waals surface area contributed by atoms with E-state index in [1.165, 1.54) is 11.3 Å². The van der Waals surface area contributed by atoms with Gasteiger partial charge in [-0.15, -0.1) is 23.7 Å². The van der Waals surface area contributed by atoms with Gasteiger partial charge in [-0.25, -0.2) is 4.98 Å². The second kappa shape index (κ2) is 9.46. The van der Waals surface area contributed by atoms with Crippen molar-refractivity contribution in [2.75, 3.05) is 19.5 Å². The largest absolute Gasteiger partial charge is 0.497 e. The fraction of sp³-hybridized carbons (Fsp3) is 0.375. The summed E-state index contributed by atoms with van der Waals surface area (Å²) in [5, 5.41) is 5.22. The third-order valence-corrected chi connectivity index (χ3v) is 4.02. The van der Waals surface area contributed by atoms with E-state index in [4.69, 9.17) is 15.2 Å². The van der Waals surface area contributed by atoms with Gasteiger partial charge in [-0.3, -0.25) is 4.79 Å². The second-order valence-corrected chi connectivity index (χ2v) is 6.03. The summed E-state index contributed by atoms with van der Waals surface area (Å²) in [6, 6.07) is 5.52. The number of hydrogen-bond donors (Lipinski definition) is 2. The molecule has 1 atom stereocenters. The summed E-state index contributed by atoms with van der Waals surface area (Å²) in [5.74, 6) is 1.34. The van der Waals surface area contributed by atoms with Crippen molar-refractivity contribution in [3.8, 4) is 22.8 Å². The highest BCUT2D eigenvalue weighted by Crippen LogP contribution is 2.35. The van der Waals surface area contributed by atoms with Gasteiger partial charge < -0.3 is 20.5 Å². The number of thiazole rings is 1. The van der Waals surface area contributed by atoms with E-state index < -0.39 is 0 Å². The lowest BCUT2D eigenvalue weighted by Crippen LogP contribution is -2.19. The zero-order chi connectivity index (χ0) is 16.8. The van der Waals surface area contributed by atoms with Crippen LogP contribution in [0.15, 0.2) is 23.6 Å². The van der Waals surface area contributed by atoms with Crippen molar-refractivity contribution in [1.29, 1.82) is 0 Å². The predicted molar refractivity (Wildman–Crippen MR) is 99.4 cm³/mol. The number of rotatable bonds is 7. The first-order chi connectivity index (χ1) is 11.0. The van der Waals surface area contributed by atoms with Gasteiger partial charge in [-0.1, -0.05) is 0 Å². The Morgan fingerprint density at radius 2 is 2.12 bits per heavy atom. The molecule has 0 bridgehead atoms. The lowest BCUT2D eigenvalue weighted by atomic mass is 10.1. The lowest BCUT2D eigenvalue weighted by molar-refractivity contribution is -0.116. The van der Waals surface area contributed by atoms with E-state index >= 15 is 0 Å². The van der Waals surface area contributed by atoms with Crippen molar-refractivity contribution in [3.63, 3.8) is 0 Å². The molecule has 1 heterocycles. The number of anilines is 1. The number of ether oxygens (including phenoxy) is 2. The van der Waals surface area contributed by atoms with Gasteiger partial charge in [-0.2, -0.15) is 0 Å². The Morgan fingerprint density at radius 3 is 2.75 bits per heavy atom. The molecule has 0 saturated carbocycles. The molecule has 0 aliphatic rings. The average molecular weight is 372 g/mol. The second-order valence-electron chi connectivity index (χ2n) is 5.17. The van der Waals surface area contributed by atoms with Crippen molar-refractivity contribution in [2.45, 2.75) is 25.8 Å². The highest BCUT2D eigenvalue weighted by molar-refractivity contribution is 7.14. The summed E-state index contributed by atoms with van der Waals surface area (Å²) < 4.78 is 10.6. The Kier molecular flexibility index (Phi) is 7.97. The number of hydrogen-bond acceptors (Lipinski definition) is 6. The van der Waals surface area contributed by atoms with Crippen LogP contribution in [0.5, 0.6) is 11.5 Å². The van der Waals surface area contributed by atoms with Crippen LogP contribution >= 0.6 is 23.7 Å². The van der Waals surface area contributed by atoms with Gasteiger partial charge in [0.2, 0.25) is 5.91 Å². The van der Waals surface area contributed by atoms with E-state index in [9.17, 15) is 4.79 Å². The Bertz CT molecular complexity index is 676. The van der Waals surface area contributed by atoms with Crippen molar-refractivity contribution in [2.24, 2.45) is 5.73 Å². The minimum Gasteiger partial charge on any atom is -0.497 e. The smallest absolute Gasteiger partial charge is 0.226 e. The Labute approximate surface area is 151 Å². The van der Waals surface area contributed by atoms with Crippen molar-refractivity contribution in [1.82, 2.24) is 4.98 Å². The average Bonchev–Trinajstić information content (AvgIpc) is 3.00. The van der Waals surface area contributed by atoms with E-state index in [0.29, 0.717) is 23.7 Å². The number of aromatic nitrogens is 1. The normalized spacial score (nSPS) is 11.3. The molecule has 8 heteroatoms. The van der Waals surface area contributed by atoms with Gasteiger partial charge in [0.05, 0.1) is 19.9 Å². The summed E-state index contributed by atoms with van der Waals surface area (Å²) in [6.45, 7) is 1.88. The van der Waals surface area contributed by atoms with Crippen molar-refractivity contribution >= 4 is 34.8 Å². The van der Waals surface area contributed by atoms with Crippen LogP contribution in [-0.4, -0.2) is 31.2 Å². The van der Waals surface area contributed by atoms with Crippen LogP contribution in [0.2, 0.25) is 0 Å². The van der Waals surface area contributed by atoms with Gasteiger partial charge in [0.25, 0.3) is 0 Å².